The molecule has 6 nitrogen and oxygen atoms in total. The van der Waals surface area contributed by atoms with E-state index in [0.29, 0.717) is 10.8 Å². The van der Waals surface area contributed by atoms with Crippen LogP contribution in [0.1, 0.15) is 21.7 Å². The van der Waals surface area contributed by atoms with Crippen LogP contribution in [0.5, 0.6) is 5.75 Å². The number of aryl methyl sites for hydroxylation is 1. The highest BCUT2D eigenvalue weighted by Gasteiger charge is 2.18. The smallest absolute Gasteiger partial charge is 0.339 e. The quantitative estimate of drug-likeness (QED) is 0.856. The summed E-state index contributed by atoms with van der Waals surface area (Å²) in [6, 6.07) is 5.11. The van der Waals surface area contributed by atoms with Crippen LogP contribution in [0.25, 0.3) is 0 Å². The zero-order valence-corrected chi connectivity index (χ0v) is 13.3. The Labute approximate surface area is 134 Å². The molecule has 2 rings (SSSR count). The maximum Gasteiger partial charge on any atom is 0.339 e. The summed E-state index contributed by atoms with van der Waals surface area (Å²) in [5.41, 5.74) is 6.02. The monoisotopic (exact) mass is 371 g/mol. The first-order valence-electron chi connectivity index (χ1n) is 5.82. The molecule has 1 aromatic heterocycles. The third-order valence-corrected chi connectivity index (χ3v) is 3.44. The Balaban J connectivity index is 2.29. The molecule has 0 unspecified atom stereocenters. The molecule has 110 valence electrons. The number of carboxylic acids is 1. The number of nitrogens with two attached hydrogens (primary N) is 1. The summed E-state index contributed by atoms with van der Waals surface area (Å²) in [5, 5.41) is 9.62. The van der Waals surface area contributed by atoms with Crippen LogP contribution in [0.2, 0.25) is 5.02 Å². The molecule has 0 spiro atoms. The van der Waals surface area contributed by atoms with Crippen LogP contribution in [-0.2, 0) is 6.61 Å². The number of nitrogens with zero attached hydrogens (tertiary/aromatic N) is 2. The molecule has 1 heterocycles. The zero-order valence-electron chi connectivity index (χ0n) is 10.9. The first kappa shape index (κ1) is 15.5. The van der Waals surface area contributed by atoms with E-state index in [4.69, 9.17) is 22.1 Å². The summed E-state index contributed by atoms with van der Waals surface area (Å²) in [5.74, 6) is -0.711. The van der Waals surface area contributed by atoms with E-state index in [1.165, 1.54) is 0 Å². The average molecular weight is 373 g/mol. The minimum absolute atomic E-state index is 0.00185. The molecule has 3 N–H and O–H groups in total. The van der Waals surface area contributed by atoms with E-state index < -0.39 is 5.97 Å². The fourth-order valence-corrected chi connectivity index (χ4v) is 2.50. The predicted octanol–water partition coefficient (Wildman–Crippen LogP) is 3.06. The van der Waals surface area contributed by atoms with Gasteiger partial charge < -0.3 is 15.6 Å². The maximum absolute atomic E-state index is 11.3. The summed E-state index contributed by atoms with van der Waals surface area (Å²) in [6.07, 6.45) is 0. The van der Waals surface area contributed by atoms with Crippen molar-refractivity contribution in [3.05, 3.63) is 44.6 Å². The van der Waals surface area contributed by atoms with Crippen LogP contribution in [0.3, 0.4) is 0 Å². The van der Waals surface area contributed by atoms with Gasteiger partial charge in [0.25, 0.3) is 0 Å². The number of ether oxygens (including phenoxy) is 1. The molecular weight excluding hydrogens is 362 g/mol. The summed E-state index contributed by atoms with van der Waals surface area (Å²) in [7, 11) is 0. The topological polar surface area (TPSA) is 98.3 Å². The number of rotatable bonds is 4. The van der Waals surface area contributed by atoms with Crippen LogP contribution < -0.4 is 10.5 Å². The molecule has 0 aliphatic carbocycles. The van der Waals surface area contributed by atoms with Crippen LogP contribution >= 0.6 is 27.5 Å². The second-order valence-corrected chi connectivity index (χ2v) is 5.48. The maximum atomic E-state index is 11.3. The number of aromatic carboxylic acids is 1. The molecule has 0 fully saturated rings. The number of halogens is 2. The molecule has 8 heteroatoms. The Bertz CT molecular complexity index is 709. The van der Waals surface area contributed by atoms with E-state index in [0.717, 1.165) is 4.47 Å². The molecule has 0 amide bonds. The second-order valence-electron chi connectivity index (χ2n) is 4.16. The largest absolute Gasteiger partial charge is 0.486 e. The van der Waals surface area contributed by atoms with E-state index in [1.807, 2.05) is 0 Å². The van der Waals surface area contributed by atoms with E-state index >= 15 is 0 Å². The van der Waals surface area contributed by atoms with E-state index in [2.05, 4.69) is 25.9 Å². The van der Waals surface area contributed by atoms with Gasteiger partial charge >= 0.3 is 5.97 Å². The third kappa shape index (κ3) is 3.62. The number of anilines is 1. The SMILES string of the molecule is Cc1nc(N)nc(COc2ccc(Br)cc2Cl)c1C(=O)O. The summed E-state index contributed by atoms with van der Waals surface area (Å²) < 4.78 is 6.33. The number of hydrogen-bond acceptors (Lipinski definition) is 5. The van der Waals surface area contributed by atoms with Crippen molar-refractivity contribution in [1.82, 2.24) is 9.97 Å². The third-order valence-electron chi connectivity index (χ3n) is 2.65. The van der Waals surface area contributed by atoms with Gasteiger partial charge in [0.1, 0.15) is 17.9 Å². The average Bonchev–Trinajstić information content (AvgIpc) is 2.36. The normalized spacial score (nSPS) is 10.4. The predicted molar refractivity (Wildman–Crippen MR) is 81.6 cm³/mol. The Morgan fingerprint density at radius 3 is 2.81 bits per heavy atom. The molecule has 21 heavy (non-hydrogen) atoms. The summed E-state index contributed by atoms with van der Waals surface area (Å²) in [6.45, 7) is 1.48. The van der Waals surface area contributed by atoms with Crippen LogP contribution in [0.15, 0.2) is 22.7 Å². The molecule has 0 bridgehead atoms. The van der Waals surface area contributed by atoms with E-state index in [1.54, 1.807) is 25.1 Å². The van der Waals surface area contributed by atoms with E-state index in [9.17, 15) is 9.90 Å². The van der Waals surface area contributed by atoms with Gasteiger partial charge in [-0.05, 0) is 25.1 Å². The Morgan fingerprint density at radius 2 is 2.19 bits per heavy atom. The fourth-order valence-electron chi connectivity index (χ4n) is 1.78. The van der Waals surface area contributed by atoms with Crippen LogP contribution in [0.4, 0.5) is 5.95 Å². The first-order valence-corrected chi connectivity index (χ1v) is 6.99. The number of nitrogen functional groups attached to an aromatic ring is 1. The van der Waals surface area contributed by atoms with Crippen molar-refractivity contribution in [2.45, 2.75) is 13.5 Å². The molecule has 0 saturated carbocycles. The number of carbonyl (C=O) groups is 1. The molecule has 0 aliphatic rings. The lowest BCUT2D eigenvalue weighted by molar-refractivity contribution is 0.0692. The Kier molecular flexibility index (Phi) is 4.64. The number of aromatic nitrogens is 2. The highest BCUT2D eigenvalue weighted by atomic mass is 79.9. The Hall–Kier alpha value is -1.86. The van der Waals surface area contributed by atoms with E-state index in [-0.39, 0.29) is 29.5 Å². The lowest BCUT2D eigenvalue weighted by Gasteiger charge is -2.11. The van der Waals surface area contributed by atoms with Gasteiger partial charge in [-0.3, -0.25) is 0 Å². The summed E-state index contributed by atoms with van der Waals surface area (Å²) in [4.78, 5) is 19.0. The molecular formula is C13H11BrClN3O3. The van der Waals surface area contributed by atoms with Crippen molar-refractivity contribution in [1.29, 1.82) is 0 Å². The molecule has 0 radical (unpaired) electrons. The van der Waals surface area contributed by atoms with Crippen LogP contribution in [-0.4, -0.2) is 21.0 Å². The first-order chi connectivity index (χ1) is 9.88. The summed E-state index contributed by atoms with van der Waals surface area (Å²) >= 11 is 9.32. The lowest BCUT2D eigenvalue weighted by Crippen LogP contribution is -2.14. The minimum Gasteiger partial charge on any atom is -0.486 e. The van der Waals surface area contributed by atoms with Gasteiger partial charge in [-0.25, -0.2) is 14.8 Å². The van der Waals surface area contributed by atoms with Gasteiger partial charge in [0, 0.05) is 4.47 Å². The molecule has 2 aromatic rings. The highest BCUT2D eigenvalue weighted by Crippen LogP contribution is 2.28. The standard InChI is InChI=1S/C13H11BrClN3O3/c1-6-11(12(19)20)9(18-13(16)17-6)5-21-10-3-2-7(14)4-8(10)15/h2-4H,5H2,1H3,(H,19,20)(H2,16,17,18). The molecule has 0 saturated heterocycles. The van der Waals surface area contributed by atoms with Gasteiger partial charge in [-0.2, -0.15) is 0 Å². The minimum atomic E-state index is -1.13. The molecule has 0 aliphatic heterocycles. The van der Waals surface area contributed by atoms with Crippen molar-refractivity contribution >= 4 is 39.4 Å². The zero-order chi connectivity index (χ0) is 15.6. The van der Waals surface area contributed by atoms with Gasteiger partial charge in [-0.1, -0.05) is 27.5 Å². The highest BCUT2D eigenvalue weighted by molar-refractivity contribution is 9.10. The molecule has 0 atom stereocenters. The number of carboxylic acid groups (broad SMARTS) is 1. The van der Waals surface area contributed by atoms with Crippen LogP contribution in [0, 0.1) is 6.92 Å². The van der Waals surface area contributed by atoms with Crippen molar-refractivity contribution < 1.29 is 14.6 Å². The second kappa shape index (κ2) is 6.28. The lowest BCUT2D eigenvalue weighted by atomic mass is 10.1. The number of benzene rings is 1. The Morgan fingerprint density at radius 1 is 1.48 bits per heavy atom. The van der Waals surface area contributed by atoms with Gasteiger partial charge in [0.2, 0.25) is 5.95 Å². The van der Waals surface area contributed by atoms with Crippen molar-refractivity contribution in [2.75, 3.05) is 5.73 Å². The van der Waals surface area contributed by atoms with Gasteiger partial charge in [-0.15, -0.1) is 0 Å². The van der Waals surface area contributed by atoms with Gasteiger partial charge in [0.05, 0.1) is 16.4 Å². The van der Waals surface area contributed by atoms with Gasteiger partial charge in [0.15, 0.2) is 0 Å². The fraction of sp³-hybridized carbons (Fsp3) is 0.154. The van der Waals surface area contributed by atoms with Crippen molar-refractivity contribution in [3.63, 3.8) is 0 Å². The number of hydrogen-bond donors (Lipinski definition) is 2. The van der Waals surface area contributed by atoms with Crippen molar-refractivity contribution in [2.24, 2.45) is 0 Å². The van der Waals surface area contributed by atoms with Crippen molar-refractivity contribution in [3.8, 4) is 5.75 Å². The molecule has 1 aromatic carbocycles.